The maximum absolute atomic E-state index is 13.2. The number of ether oxygens (including phenoxy) is 1. The van der Waals surface area contributed by atoms with Crippen LogP contribution < -0.4 is 20.5 Å². The van der Waals surface area contributed by atoms with Crippen LogP contribution in [0, 0.1) is 13.8 Å². The van der Waals surface area contributed by atoms with E-state index in [0.29, 0.717) is 16.3 Å². The predicted molar refractivity (Wildman–Crippen MR) is 142 cm³/mol. The molecule has 0 spiro atoms. The molecule has 3 rings (SSSR count). The lowest BCUT2D eigenvalue weighted by molar-refractivity contribution is 0.385. The summed E-state index contributed by atoms with van der Waals surface area (Å²) in [5.74, 6) is 0.285. The second kappa shape index (κ2) is 11.4. The van der Waals surface area contributed by atoms with E-state index in [1.807, 2.05) is 56.3 Å². The highest BCUT2D eigenvalue weighted by Crippen LogP contribution is 2.30. The molecular weight excluding hydrogens is 446 g/mol. The van der Waals surface area contributed by atoms with Crippen molar-refractivity contribution in [3.05, 3.63) is 95.8 Å². The summed E-state index contributed by atoms with van der Waals surface area (Å²) >= 11 is -1.59. The molecule has 0 saturated carbocycles. The van der Waals surface area contributed by atoms with Crippen LogP contribution in [0.2, 0.25) is 0 Å². The minimum absolute atomic E-state index is 0.285. The highest BCUT2D eigenvalue weighted by molar-refractivity contribution is 7.92. The van der Waals surface area contributed by atoms with Gasteiger partial charge in [-0.1, -0.05) is 43.0 Å². The van der Waals surface area contributed by atoms with Crippen LogP contribution >= 0.6 is 0 Å². The molecule has 0 fully saturated rings. The number of aromatic nitrogens is 1. The first-order valence-electron chi connectivity index (χ1n) is 10.6. The van der Waals surface area contributed by atoms with Crippen LogP contribution in [0.4, 0.5) is 11.4 Å². The van der Waals surface area contributed by atoms with Gasteiger partial charge < -0.3 is 20.3 Å². The number of benzene rings is 2. The Morgan fingerprint density at radius 2 is 1.82 bits per heavy atom. The minimum Gasteiger partial charge on any atom is -0.588 e. The minimum atomic E-state index is -1.59. The summed E-state index contributed by atoms with van der Waals surface area (Å²) in [4.78, 5) is 9.02. The SMILES string of the molecule is C=C(Nc1cnc(OC)c([S+]([O-])Nc2c(C)cccc2C)c1)c1cccc(C(C=CN)=NC)c1. The van der Waals surface area contributed by atoms with Crippen molar-refractivity contribution >= 4 is 34.1 Å². The van der Waals surface area contributed by atoms with Gasteiger partial charge in [0.25, 0.3) is 5.88 Å². The predicted octanol–water partition coefficient (Wildman–Crippen LogP) is 4.82. The Kier molecular flexibility index (Phi) is 8.34. The van der Waals surface area contributed by atoms with Crippen molar-refractivity contribution in [2.24, 2.45) is 10.7 Å². The van der Waals surface area contributed by atoms with Gasteiger partial charge in [-0.15, -0.1) is 0 Å². The first-order valence-corrected chi connectivity index (χ1v) is 11.7. The Morgan fingerprint density at radius 1 is 1.15 bits per heavy atom. The monoisotopic (exact) mass is 475 g/mol. The van der Waals surface area contributed by atoms with E-state index in [9.17, 15) is 4.55 Å². The average Bonchev–Trinajstić information content (AvgIpc) is 2.84. The molecule has 8 heteroatoms. The van der Waals surface area contributed by atoms with Crippen LogP contribution in [0.3, 0.4) is 0 Å². The number of allylic oxidation sites excluding steroid dienone is 1. The van der Waals surface area contributed by atoms with Gasteiger partial charge in [-0.05, 0) is 48.9 Å². The van der Waals surface area contributed by atoms with Crippen LogP contribution in [-0.2, 0) is 11.4 Å². The van der Waals surface area contributed by atoms with Crippen molar-refractivity contribution < 1.29 is 9.29 Å². The number of anilines is 2. The molecule has 0 aliphatic carbocycles. The van der Waals surface area contributed by atoms with Crippen molar-refractivity contribution in [2.45, 2.75) is 18.7 Å². The highest BCUT2D eigenvalue weighted by Gasteiger charge is 2.22. The van der Waals surface area contributed by atoms with Crippen LogP contribution in [0.25, 0.3) is 5.70 Å². The second-order valence-corrected chi connectivity index (χ2v) is 8.70. The molecule has 7 nitrogen and oxygen atoms in total. The summed E-state index contributed by atoms with van der Waals surface area (Å²) in [7, 11) is 3.22. The Hall–Kier alpha value is -3.75. The van der Waals surface area contributed by atoms with Crippen molar-refractivity contribution in [1.29, 1.82) is 0 Å². The van der Waals surface area contributed by atoms with Crippen molar-refractivity contribution in [3.8, 4) is 5.88 Å². The number of para-hydroxylation sites is 1. The standard InChI is InChI=1S/C26H29N5O2S/c1-17-8-6-9-18(2)25(17)31-34(32)24-15-22(16-29-26(24)33-5)30-19(3)20-10-7-11-21(14-20)23(28-4)12-13-27/h6-16,30-31H,3,27H2,1-2,4-5H3. The number of nitrogens with one attached hydrogen (secondary N) is 2. The molecule has 1 aromatic heterocycles. The lowest BCUT2D eigenvalue weighted by Crippen LogP contribution is -2.16. The van der Waals surface area contributed by atoms with E-state index in [0.717, 1.165) is 33.7 Å². The fourth-order valence-electron chi connectivity index (χ4n) is 3.41. The van der Waals surface area contributed by atoms with E-state index in [2.05, 4.69) is 26.6 Å². The molecule has 0 amide bonds. The quantitative estimate of drug-likeness (QED) is 0.303. The van der Waals surface area contributed by atoms with Gasteiger partial charge in [0, 0.05) is 24.4 Å². The summed E-state index contributed by atoms with van der Waals surface area (Å²) in [6.45, 7) is 8.09. The summed E-state index contributed by atoms with van der Waals surface area (Å²) in [6.07, 6.45) is 4.82. The molecule has 1 heterocycles. The Balaban J connectivity index is 1.85. The van der Waals surface area contributed by atoms with Crippen LogP contribution in [-0.4, -0.2) is 29.4 Å². The van der Waals surface area contributed by atoms with E-state index in [1.165, 1.54) is 13.3 Å². The molecule has 0 aliphatic heterocycles. The molecular formula is C26H29N5O2S. The highest BCUT2D eigenvalue weighted by atomic mass is 32.2. The van der Waals surface area contributed by atoms with E-state index >= 15 is 0 Å². The molecule has 0 bridgehead atoms. The maximum Gasteiger partial charge on any atom is 0.273 e. The zero-order valence-electron chi connectivity index (χ0n) is 19.8. The Bertz CT molecular complexity index is 1220. The zero-order chi connectivity index (χ0) is 24.7. The normalized spacial score (nSPS) is 12.4. The number of rotatable bonds is 9. The van der Waals surface area contributed by atoms with Crippen molar-refractivity contribution in [3.63, 3.8) is 0 Å². The smallest absolute Gasteiger partial charge is 0.273 e. The lowest BCUT2D eigenvalue weighted by atomic mass is 10.0. The first-order chi connectivity index (χ1) is 16.4. The average molecular weight is 476 g/mol. The Labute approximate surface area is 203 Å². The van der Waals surface area contributed by atoms with Gasteiger partial charge in [-0.2, -0.15) is 0 Å². The zero-order valence-corrected chi connectivity index (χ0v) is 20.6. The van der Waals surface area contributed by atoms with Gasteiger partial charge in [0.15, 0.2) is 0 Å². The molecule has 1 unspecified atom stereocenters. The van der Waals surface area contributed by atoms with Gasteiger partial charge in [0.05, 0.1) is 30.4 Å². The maximum atomic E-state index is 13.2. The summed E-state index contributed by atoms with van der Waals surface area (Å²) in [6, 6.07) is 15.4. The number of pyridine rings is 1. The van der Waals surface area contributed by atoms with Crippen molar-refractivity contribution in [2.75, 3.05) is 24.2 Å². The van der Waals surface area contributed by atoms with Gasteiger partial charge in [0.1, 0.15) is 11.4 Å². The van der Waals surface area contributed by atoms with Gasteiger partial charge >= 0.3 is 0 Å². The summed E-state index contributed by atoms with van der Waals surface area (Å²) in [5, 5.41) is 3.25. The fraction of sp³-hybridized carbons (Fsp3) is 0.154. The van der Waals surface area contributed by atoms with E-state index < -0.39 is 11.4 Å². The number of methoxy groups -OCH3 is 1. The number of hydrogen-bond acceptors (Lipinski definition) is 7. The van der Waals surface area contributed by atoms with Gasteiger partial charge in [-0.25, -0.2) is 9.71 Å². The van der Waals surface area contributed by atoms with Crippen LogP contribution in [0.15, 0.2) is 83.5 Å². The second-order valence-electron chi connectivity index (χ2n) is 7.52. The third kappa shape index (κ3) is 5.78. The molecule has 34 heavy (non-hydrogen) atoms. The topological polar surface area (TPSA) is 108 Å². The molecule has 4 N–H and O–H groups in total. The molecule has 3 aromatic rings. The lowest BCUT2D eigenvalue weighted by Gasteiger charge is -2.17. The third-order valence-corrected chi connectivity index (χ3v) is 6.27. The van der Waals surface area contributed by atoms with E-state index in [-0.39, 0.29) is 5.88 Å². The third-order valence-electron chi connectivity index (χ3n) is 5.18. The molecule has 1 atom stereocenters. The van der Waals surface area contributed by atoms with E-state index in [4.69, 9.17) is 10.5 Å². The van der Waals surface area contributed by atoms with E-state index in [1.54, 1.807) is 25.4 Å². The molecule has 0 aliphatic rings. The largest absolute Gasteiger partial charge is 0.588 e. The van der Waals surface area contributed by atoms with Gasteiger partial charge in [0.2, 0.25) is 4.90 Å². The molecule has 0 saturated heterocycles. The number of aliphatic imine (C=N–C) groups is 1. The van der Waals surface area contributed by atoms with Crippen LogP contribution in [0.5, 0.6) is 5.88 Å². The number of nitrogens with zero attached hydrogens (tertiary/aromatic N) is 2. The van der Waals surface area contributed by atoms with Crippen molar-refractivity contribution in [1.82, 2.24) is 4.98 Å². The fourth-order valence-corrected chi connectivity index (χ4v) is 4.56. The Morgan fingerprint density at radius 3 is 2.47 bits per heavy atom. The number of hydrogen-bond donors (Lipinski definition) is 3. The molecule has 2 aromatic carbocycles. The molecule has 176 valence electrons. The molecule has 0 radical (unpaired) electrons. The van der Waals surface area contributed by atoms with Gasteiger partial charge in [-0.3, -0.25) is 4.99 Å². The summed E-state index contributed by atoms with van der Waals surface area (Å²) < 4.78 is 21.7. The number of aryl methyl sites for hydroxylation is 2. The van der Waals surface area contributed by atoms with Crippen LogP contribution in [0.1, 0.15) is 22.3 Å². The summed E-state index contributed by atoms with van der Waals surface area (Å²) in [5.41, 5.74) is 12.2. The first kappa shape index (κ1) is 24.9. The number of nitrogens with two attached hydrogens (primary N) is 1.